The summed E-state index contributed by atoms with van der Waals surface area (Å²) >= 11 is 3.53. The van der Waals surface area contributed by atoms with Gasteiger partial charge in [0.2, 0.25) is 0 Å². The summed E-state index contributed by atoms with van der Waals surface area (Å²) in [4.78, 5) is 5.17. The molecule has 3 nitrogen and oxygen atoms in total. The van der Waals surface area contributed by atoms with E-state index in [1.807, 2.05) is 0 Å². The van der Waals surface area contributed by atoms with Crippen molar-refractivity contribution in [2.24, 2.45) is 0 Å². The van der Waals surface area contributed by atoms with Crippen LogP contribution in [-0.4, -0.2) is 66.6 Å². The topological polar surface area (TPSA) is 15.7 Å². The number of ether oxygens (including phenoxy) is 1. The van der Waals surface area contributed by atoms with Crippen molar-refractivity contribution in [3.8, 4) is 0 Å². The molecule has 0 radical (unpaired) electrons. The lowest BCUT2D eigenvalue weighted by molar-refractivity contribution is -0.0656. The molecule has 2 aliphatic rings. The zero-order chi connectivity index (χ0) is 12.1. The molecule has 2 fully saturated rings. The molecule has 2 unspecified atom stereocenters. The second-order valence-corrected chi connectivity index (χ2v) is 6.03. The highest BCUT2D eigenvalue weighted by Crippen LogP contribution is 2.14. The molecule has 0 spiro atoms. The fourth-order valence-electron chi connectivity index (χ4n) is 2.93. The van der Waals surface area contributed by atoms with Crippen molar-refractivity contribution in [1.29, 1.82) is 0 Å². The molecule has 2 aliphatic heterocycles. The molecule has 0 N–H and O–H groups in total. The molecule has 0 aliphatic carbocycles. The highest BCUT2D eigenvalue weighted by Gasteiger charge is 2.24. The van der Waals surface area contributed by atoms with Gasteiger partial charge in [0.15, 0.2) is 0 Å². The van der Waals surface area contributed by atoms with Crippen LogP contribution in [0.25, 0.3) is 0 Å². The van der Waals surface area contributed by atoms with Crippen molar-refractivity contribution in [2.45, 2.75) is 38.4 Å². The minimum atomic E-state index is 0.380. The molecule has 0 saturated carbocycles. The minimum absolute atomic E-state index is 0.380. The van der Waals surface area contributed by atoms with E-state index in [2.05, 4.69) is 32.7 Å². The number of hydrogen-bond acceptors (Lipinski definition) is 3. The van der Waals surface area contributed by atoms with Gasteiger partial charge in [0.1, 0.15) is 0 Å². The van der Waals surface area contributed by atoms with Gasteiger partial charge < -0.3 is 9.64 Å². The van der Waals surface area contributed by atoms with Crippen molar-refractivity contribution >= 4 is 15.9 Å². The van der Waals surface area contributed by atoms with Crippen LogP contribution in [-0.2, 0) is 4.74 Å². The number of halogens is 1. The molecular formula is C13H25BrN2O. The van der Waals surface area contributed by atoms with Gasteiger partial charge in [-0.25, -0.2) is 0 Å². The van der Waals surface area contributed by atoms with Crippen LogP contribution in [0.15, 0.2) is 0 Å². The first kappa shape index (κ1) is 13.8. The zero-order valence-electron chi connectivity index (χ0n) is 10.9. The van der Waals surface area contributed by atoms with E-state index in [0.717, 1.165) is 18.4 Å². The number of hydrogen-bond donors (Lipinski definition) is 0. The first-order valence-corrected chi connectivity index (χ1v) is 8.06. The summed E-state index contributed by atoms with van der Waals surface area (Å²) in [6, 6.07) is 0. The quantitative estimate of drug-likeness (QED) is 0.722. The second kappa shape index (κ2) is 7.07. The van der Waals surface area contributed by atoms with E-state index in [1.54, 1.807) is 0 Å². The molecule has 4 heteroatoms. The highest BCUT2D eigenvalue weighted by atomic mass is 79.9. The Morgan fingerprint density at radius 1 is 1.12 bits per heavy atom. The van der Waals surface area contributed by atoms with Crippen molar-refractivity contribution in [3.05, 3.63) is 0 Å². The summed E-state index contributed by atoms with van der Waals surface area (Å²) in [5.41, 5.74) is 0. The van der Waals surface area contributed by atoms with Gasteiger partial charge >= 0.3 is 0 Å². The largest absolute Gasteiger partial charge is 0.372 e. The maximum absolute atomic E-state index is 5.85. The van der Waals surface area contributed by atoms with E-state index in [4.69, 9.17) is 4.74 Å². The Balaban J connectivity index is 1.63. The fourth-order valence-corrected chi connectivity index (χ4v) is 3.29. The molecular weight excluding hydrogens is 280 g/mol. The summed E-state index contributed by atoms with van der Waals surface area (Å²) < 4.78 is 5.85. The highest BCUT2D eigenvalue weighted by molar-refractivity contribution is 9.09. The fraction of sp³-hybridized carbons (Fsp3) is 1.00. The Morgan fingerprint density at radius 3 is 2.53 bits per heavy atom. The molecule has 0 aromatic heterocycles. The van der Waals surface area contributed by atoms with Crippen LogP contribution in [0.1, 0.15) is 26.2 Å². The van der Waals surface area contributed by atoms with Crippen LogP contribution in [0.2, 0.25) is 0 Å². The SMILES string of the molecule is CC1CN(CCCN2CCCC2)CC(CBr)O1. The number of morpholine rings is 1. The van der Waals surface area contributed by atoms with E-state index >= 15 is 0 Å². The van der Waals surface area contributed by atoms with Crippen LogP contribution in [0.5, 0.6) is 0 Å². The van der Waals surface area contributed by atoms with E-state index in [-0.39, 0.29) is 0 Å². The van der Waals surface area contributed by atoms with Gasteiger partial charge in [-0.1, -0.05) is 15.9 Å². The molecule has 0 bridgehead atoms. The maximum Gasteiger partial charge on any atom is 0.0802 e. The summed E-state index contributed by atoms with van der Waals surface area (Å²) in [5, 5.41) is 0.958. The molecule has 2 atom stereocenters. The van der Waals surface area contributed by atoms with Gasteiger partial charge in [-0.2, -0.15) is 0 Å². The predicted octanol–water partition coefficient (Wildman–Crippen LogP) is 1.96. The molecule has 2 heterocycles. The lowest BCUT2D eigenvalue weighted by Crippen LogP contribution is -2.47. The van der Waals surface area contributed by atoms with Gasteiger partial charge in [-0.3, -0.25) is 4.90 Å². The molecule has 17 heavy (non-hydrogen) atoms. The Kier molecular flexibility index (Phi) is 5.74. The van der Waals surface area contributed by atoms with Crippen molar-refractivity contribution in [2.75, 3.05) is 44.6 Å². The lowest BCUT2D eigenvalue weighted by Gasteiger charge is -2.36. The van der Waals surface area contributed by atoms with Gasteiger partial charge in [0.25, 0.3) is 0 Å². The number of nitrogens with zero attached hydrogens (tertiary/aromatic N) is 2. The number of likely N-dealkylation sites (tertiary alicyclic amines) is 1. The number of rotatable bonds is 5. The van der Waals surface area contributed by atoms with Crippen LogP contribution in [0.4, 0.5) is 0 Å². The minimum Gasteiger partial charge on any atom is -0.372 e. The van der Waals surface area contributed by atoms with Crippen molar-refractivity contribution in [1.82, 2.24) is 9.80 Å². The van der Waals surface area contributed by atoms with E-state index in [9.17, 15) is 0 Å². The third-order valence-corrected chi connectivity index (χ3v) is 4.44. The van der Waals surface area contributed by atoms with E-state index in [0.29, 0.717) is 12.2 Å². The Labute approximate surface area is 114 Å². The van der Waals surface area contributed by atoms with Gasteiger partial charge in [0.05, 0.1) is 12.2 Å². The summed E-state index contributed by atoms with van der Waals surface area (Å²) in [5.74, 6) is 0. The molecule has 2 saturated heterocycles. The Hall–Kier alpha value is 0.360. The third kappa shape index (κ3) is 4.51. The monoisotopic (exact) mass is 304 g/mol. The summed E-state index contributed by atoms with van der Waals surface area (Å²) in [6.45, 7) is 9.53. The third-order valence-electron chi connectivity index (χ3n) is 3.72. The molecule has 0 aromatic rings. The second-order valence-electron chi connectivity index (χ2n) is 5.38. The molecule has 2 rings (SSSR count). The lowest BCUT2D eigenvalue weighted by atomic mass is 10.2. The van der Waals surface area contributed by atoms with Crippen LogP contribution < -0.4 is 0 Å². The van der Waals surface area contributed by atoms with Gasteiger partial charge in [-0.15, -0.1) is 0 Å². The van der Waals surface area contributed by atoms with Crippen molar-refractivity contribution < 1.29 is 4.74 Å². The average molecular weight is 305 g/mol. The standard InChI is InChI=1S/C13H25BrN2O/c1-12-10-16(11-13(9-14)17-12)8-4-7-15-5-2-3-6-15/h12-13H,2-11H2,1H3. The zero-order valence-corrected chi connectivity index (χ0v) is 12.5. The first-order chi connectivity index (χ1) is 8.28. The molecule has 100 valence electrons. The molecule has 0 aromatic carbocycles. The number of alkyl halides is 1. The summed E-state index contributed by atoms with van der Waals surface area (Å²) in [6.07, 6.45) is 4.88. The van der Waals surface area contributed by atoms with Gasteiger partial charge in [0, 0.05) is 18.4 Å². The van der Waals surface area contributed by atoms with Crippen LogP contribution in [0, 0.1) is 0 Å². The van der Waals surface area contributed by atoms with Gasteiger partial charge in [-0.05, 0) is 52.4 Å². The predicted molar refractivity (Wildman–Crippen MR) is 74.9 cm³/mol. The average Bonchev–Trinajstić information content (AvgIpc) is 2.81. The van der Waals surface area contributed by atoms with E-state index < -0.39 is 0 Å². The Bertz CT molecular complexity index is 221. The summed E-state index contributed by atoms with van der Waals surface area (Å²) in [7, 11) is 0. The smallest absolute Gasteiger partial charge is 0.0802 e. The van der Waals surface area contributed by atoms with Crippen molar-refractivity contribution in [3.63, 3.8) is 0 Å². The van der Waals surface area contributed by atoms with Crippen LogP contribution >= 0.6 is 15.9 Å². The first-order valence-electron chi connectivity index (χ1n) is 6.94. The Morgan fingerprint density at radius 2 is 1.82 bits per heavy atom. The maximum atomic E-state index is 5.85. The normalized spacial score (nSPS) is 32.1. The molecule has 0 amide bonds. The van der Waals surface area contributed by atoms with E-state index in [1.165, 1.54) is 45.4 Å². The van der Waals surface area contributed by atoms with Crippen LogP contribution in [0.3, 0.4) is 0 Å².